The van der Waals surface area contributed by atoms with E-state index in [4.69, 9.17) is 9.47 Å². The third-order valence-corrected chi connectivity index (χ3v) is 13.3. The van der Waals surface area contributed by atoms with Crippen molar-refractivity contribution < 1.29 is 29.0 Å². The Morgan fingerprint density at radius 2 is 1.59 bits per heavy atom. The molecule has 13 heteroatoms. The van der Waals surface area contributed by atoms with Gasteiger partial charge in [-0.05, 0) is 116 Å². The van der Waals surface area contributed by atoms with E-state index < -0.39 is 6.09 Å². The zero-order valence-corrected chi connectivity index (χ0v) is 36.4. The molecule has 2 aromatic heterocycles. The summed E-state index contributed by atoms with van der Waals surface area (Å²) < 4.78 is 15.4. The summed E-state index contributed by atoms with van der Waals surface area (Å²) in [7, 11) is 1.81. The van der Waals surface area contributed by atoms with Crippen LogP contribution in [0.25, 0.3) is 11.3 Å². The molecule has 1 atom stereocenters. The summed E-state index contributed by atoms with van der Waals surface area (Å²) in [5.74, 6) is 0.291. The molecule has 0 radical (unpaired) electrons. The normalized spacial score (nSPS) is 17.3. The molecule has 0 unspecified atom stereocenters. The van der Waals surface area contributed by atoms with Crippen molar-refractivity contribution in [2.24, 2.45) is 7.05 Å². The van der Waals surface area contributed by atoms with E-state index in [-0.39, 0.29) is 23.6 Å². The number of hydrogen-bond acceptors (Lipinski definition) is 8. The number of carbonyl (C=O) groups excluding carboxylic acids is 3. The third-order valence-electron chi connectivity index (χ3n) is 13.3. The van der Waals surface area contributed by atoms with Gasteiger partial charge in [0.2, 0.25) is 0 Å². The summed E-state index contributed by atoms with van der Waals surface area (Å²) in [6, 6.07) is 28.5. The first-order valence-electron chi connectivity index (χ1n) is 22.4. The van der Waals surface area contributed by atoms with Crippen molar-refractivity contribution in [2.45, 2.75) is 64.7 Å². The van der Waals surface area contributed by atoms with E-state index in [0.717, 1.165) is 78.1 Å². The van der Waals surface area contributed by atoms with Crippen LogP contribution in [-0.2, 0) is 50.7 Å². The predicted octanol–water partition coefficient (Wildman–Crippen LogP) is 7.67. The van der Waals surface area contributed by atoms with Gasteiger partial charge in [-0.3, -0.25) is 24.1 Å². The van der Waals surface area contributed by atoms with Crippen molar-refractivity contribution in [3.05, 3.63) is 148 Å². The first-order chi connectivity index (χ1) is 31.2. The molecule has 4 aliphatic heterocycles. The molecule has 0 aliphatic carbocycles. The minimum atomic E-state index is -0.430. The van der Waals surface area contributed by atoms with Gasteiger partial charge in [0.1, 0.15) is 11.5 Å². The van der Waals surface area contributed by atoms with Gasteiger partial charge < -0.3 is 28.9 Å². The van der Waals surface area contributed by atoms with E-state index in [1.54, 1.807) is 63.3 Å². The van der Waals surface area contributed by atoms with Crippen LogP contribution in [0.2, 0.25) is 0 Å². The Balaban J connectivity index is 1.08. The second-order valence-electron chi connectivity index (χ2n) is 17.5. The van der Waals surface area contributed by atoms with Crippen LogP contribution in [0, 0.1) is 6.92 Å². The number of aryl methyl sites for hydroxylation is 2. The Morgan fingerprint density at radius 1 is 0.812 bits per heavy atom. The first kappa shape index (κ1) is 41.3. The Bertz CT molecular complexity index is 2720. The lowest BCUT2D eigenvalue weighted by Crippen LogP contribution is -2.52. The Hall–Kier alpha value is -6.70. The number of fused-ring (bicyclic) bond motifs is 3. The minimum absolute atomic E-state index is 0.0785. The summed E-state index contributed by atoms with van der Waals surface area (Å²) in [4.78, 5) is 52.3. The maximum absolute atomic E-state index is 15.7. The SMILES string of the molecule is Cc1ccc(OC(=O)N2CCc3cc(-c4cc(C(=O)N(c5ccc(O)cc5)c5cnn(C)c5)c5n4CCCC5)c(C(=O)N4Cc5ccccc5C[C@H]4CN4CCOCC4)cc3C2)cc1. The van der Waals surface area contributed by atoms with Gasteiger partial charge >= 0.3 is 6.09 Å². The smallest absolute Gasteiger partial charge is 0.415 e. The summed E-state index contributed by atoms with van der Waals surface area (Å²) in [5, 5.41) is 14.6. The Morgan fingerprint density at radius 3 is 2.36 bits per heavy atom. The first-order valence-corrected chi connectivity index (χ1v) is 22.4. The molecule has 0 bridgehead atoms. The molecule has 0 spiro atoms. The third kappa shape index (κ3) is 8.17. The number of ether oxygens (including phenoxy) is 2. The number of phenols is 1. The van der Waals surface area contributed by atoms with E-state index in [2.05, 4.69) is 43.7 Å². The number of carbonyl (C=O) groups is 3. The largest absolute Gasteiger partial charge is 0.508 e. The van der Waals surface area contributed by atoms with E-state index in [9.17, 15) is 9.90 Å². The van der Waals surface area contributed by atoms with E-state index in [0.29, 0.717) is 80.5 Å². The van der Waals surface area contributed by atoms with Gasteiger partial charge in [-0.15, -0.1) is 0 Å². The van der Waals surface area contributed by atoms with Gasteiger partial charge in [-0.2, -0.15) is 5.10 Å². The Kier molecular flexibility index (Phi) is 11.3. The van der Waals surface area contributed by atoms with Gasteiger partial charge in [-0.1, -0.05) is 42.0 Å². The van der Waals surface area contributed by atoms with Crippen LogP contribution in [0.15, 0.2) is 103 Å². The number of aromatic nitrogens is 3. The van der Waals surface area contributed by atoms with Crippen molar-refractivity contribution in [1.82, 2.24) is 29.0 Å². The number of morpholine rings is 1. The topological polar surface area (TPSA) is 126 Å². The van der Waals surface area contributed by atoms with Crippen molar-refractivity contribution in [1.29, 1.82) is 0 Å². The number of hydrogen-bond donors (Lipinski definition) is 1. The summed E-state index contributed by atoms with van der Waals surface area (Å²) in [6.45, 7) is 7.59. The van der Waals surface area contributed by atoms with Crippen LogP contribution >= 0.6 is 0 Å². The molecule has 328 valence electrons. The van der Waals surface area contributed by atoms with Gasteiger partial charge in [0.15, 0.2) is 0 Å². The Labute approximate surface area is 373 Å². The fourth-order valence-corrected chi connectivity index (χ4v) is 9.86. The summed E-state index contributed by atoms with van der Waals surface area (Å²) in [5.41, 5.74) is 10.3. The number of anilines is 2. The monoisotopic (exact) mass is 859 g/mol. The van der Waals surface area contributed by atoms with Crippen molar-refractivity contribution in [3.8, 4) is 22.8 Å². The standard InChI is InChI=1S/C51H53N7O6/c1-34-10-16-43(17-11-34)64-51(62)55-20-18-36-26-44(45(27-38(36)30-55)49(60)57-31-37-8-4-3-7-35(37)25-40(57)33-54-21-23-63-24-22-54)48-28-46(47-9-5-6-19-56(47)48)50(61)58(41-29-52-53(2)32-41)39-12-14-42(59)15-13-39/h3-4,7-8,10-17,26-29,32,40,59H,5-6,9,18-25,30-31,33H2,1-2H3/t40-/m0/s1. The highest BCUT2D eigenvalue weighted by molar-refractivity contribution is 6.12. The molecule has 3 amide bonds. The molecular formula is C51H53N7O6. The predicted molar refractivity (Wildman–Crippen MR) is 243 cm³/mol. The average Bonchev–Trinajstić information content (AvgIpc) is 3.93. The number of aromatic hydroxyl groups is 1. The van der Waals surface area contributed by atoms with E-state index >= 15 is 9.59 Å². The summed E-state index contributed by atoms with van der Waals surface area (Å²) in [6.07, 6.45) is 6.91. The molecule has 0 saturated carbocycles. The molecule has 1 N–H and O–H groups in total. The number of phenolic OH excluding ortho intramolecular Hbond substituents is 1. The molecule has 64 heavy (non-hydrogen) atoms. The fraction of sp³-hybridized carbons (Fsp3) is 0.333. The molecule has 4 aliphatic rings. The van der Waals surface area contributed by atoms with Gasteiger partial charge in [0, 0.05) is 93.3 Å². The van der Waals surface area contributed by atoms with Crippen LogP contribution < -0.4 is 9.64 Å². The quantitative estimate of drug-likeness (QED) is 0.165. The van der Waals surface area contributed by atoms with Crippen LogP contribution in [0.1, 0.15) is 67.1 Å². The van der Waals surface area contributed by atoms with Gasteiger partial charge in [0.25, 0.3) is 11.8 Å². The van der Waals surface area contributed by atoms with E-state index in [1.807, 2.05) is 44.3 Å². The molecule has 6 heterocycles. The minimum Gasteiger partial charge on any atom is -0.508 e. The number of benzene rings is 4. The van der Waals surface area contributed by atoms with Crippen molar-refractivity contribution in [2.75, 3.05) is 44.3 Å². The van der Waals surface area contributed by atoms with Crippen LogP contribution in [0.4, 0.5) is 16.2 Å². The molecule has 13 nitrogen and oxygen atoms in total. The number of amides is 3. The summed E-state index contributed by atoms with van der Waals surface area (Å²) >= 11 is 0. The number of rotatable bonds is 8. The van der Waals surface area contributed by atoms with Crippen molar-refractivity contribution >= 4 is 29.3 Å². The molecule has 4 aromatic carbocycles. The highest BCUT2D eigenvalue weighted by atomic mass is 16.6. The lowest BCUT2D eigenvalue weighted by molar-refractivity contribution is 0.0193. The zero-order valence-electron chi connectivity index (χ0n) is 36.4. The molecule has 10 rings (SSSR count). The van der Waals surface area contributed by atoms with Crippen LogP contribution in [0.3, 0.4) is 0 Å². The van der Waals surface area contributed by atoms with Crippen molar-refractivity contribution in [3.63, 3.8) is 0 Å². The zero-order chi connectivity index (χ0) is 43.9. The fourth-order valence-electron chi connectivity index (χ4n) is 9.86. The highest BCUT2D eigenvalue weighted by Crippen LogP contribution is 2.39. The second-order valence-corrected chi connectivity index (χ2v) is 17.5. The van der Waals surface area contributed by atoms with Crippen LogP contribution in [0.5, 0.6) is 11.5 Å². The van der Waals surface area contributed by atoms with Crippen LogP contribution in [-0.4, -0.2) is 97.5 Å². The molecule has 6 aromatic rings. The molecular weight excluding hydrogens is 807 g/mol. The van der Waals surface area contributed by atoms with E-state index in [1.165, 1.54) is 5.56 Å². The maximum Gasteiger partial charge on any atom is 0.415 e. The van der Waals surface area contributed by atoms with Gasteiger partial charge in [-0.25, -0.2) is 4.79 Å². The van der Waals surface area contributed by atoms with Gasteiger partial charge in [0.05, 0.1) is 30.7 Å². The maximum atomic E-state index is 15.7. The second kappa shape index (κ2) is 17.5. The average molecular weight is 860 g/mol. The lowest BCUT2D eigenvalue weighted by Gasteiger charge is -2.41. The molecule has 1 fully saturated rings. The lowest BCUT2D eigenvalue weighted by atomic mass is 9.89. The number of nitrogens with zero attached hydrogens (tertiary/aromatic N) is 7. The molecule has 1 saturated heterocycles. The highest BCUT2D eigenvalue weighted by Gasteiger charge is 2.36.